The van der Waals surface area contributed by atoms with E-state index in [1.165, 1.54) is 6.20 Å². The minimum Gasteiger partial charge on any atom is -0.308 e. The molecular weight excluding hydrogens is 224 g/mol. The van der Waals surface area contributed by atoms with Crippen LogP contribution in [0.4, 0.5) is 0 Å². The molecule has 84 valence electrons. The van der Waals surface area contributed by atoms with Gasteiger partial charge in [0.2, 0.25) is 0 Å². The summed E-state index contributed by atoms with van der Waals surface area (Å²) in [7, 11) is 2.02. The van der Waals surface area contributed by atoms with Crippen LogP contribution in [0.1, 0.15) is 17.4 Å². The Hall–Kier alpha value is -1.32. The number of nitrogens with zero attached hydrogens (tertiary/aromatic N) is 3. The van der Waals surface area contributed by atoms with Crippen molar-refractivity contribution in [3.8, 4) is 6.07 Å². The van der Waals surface area contributed by atoms with E-state index in [1.54, 1.807) is 0 Å². The zero-order valence-electron chi connectivity index (χ0n) is 8.93. The molecule has 1 atom stereocenters. The van der Waals surface area contributed by atoms with E-state index in [1.807, 2.05) is 24.9 Å². The van der Waals surface area contributed by atoms with Crippen LogP contribution in [0.2, 0.25) is 0 Å². The Balaban J connectivity index is 2.31. The summed E-state index contributed by atoms with van der Waals surface area (Å²) in [6.07, 6.45) is 1.35. The highest BCUT2D eigenvalue weighted by molar-refractivity contribution is 7.99. The fraction of sp³-hybridized carbons (Fsp3) is 0.500. The van der Waals surface area contributed by atoms with Crippen molar-refractivity contribution in [3.05, 3.63) is 27.9 Å². The van der Waals surface area contributed by atoms with Crippen LogP contribution < -0.4 is 5.56 Å². The summed E-state index contributed by atoms with van der Waals surface area (Å²) in [4.78, 5) is 20.5. The van der Waals surface area contributed by atoms with Gasteiger partial charge in [0.1, 0.15) is 17.5 Å². The van der Waals surface area contributed by atoms with Gasteiger partial charge in [-0.1, -0.05) is 0 Å². The summed E-state index contributed by atoms with van der Waals surface area (Å²) in [6.45, 7) is 0.985. The van der Waals surface area contributed by atoms with Crippen molar-refractivity contribution < 1.29 is 0 Å². The molecule has 1 unspecified atom stereocenters. The second kappa shape index (κ2) is 4.68. The van der Waals surface area contributed by atoms with E-state index < -0.39 is 0 Å². The minimum absolute atomic E-state index is 0.0647. The van der Waals surface area contributed by atoms with Gasteiger partial charge in [-0.2, -0.15) is 17.0 Å². The zero-order chi connectivity index (χ0) is 11.5. The second-order valence-corrected chi connectivity index (χ2v) is 4.84. The molecule has 6 heteroatoms. The van der Waals surface area contributed by atoms with Gasteiger partial charge in [0.25, 0.3) is 5.56 Å². The molecule has 0 spiro atoms. The molecule has 0 bridgehead atoms. The third-order valence-corrected chi connectivity index (χ3v) is 3.67. The number of hydrogen-bond acceptors (Lipinski definition) is 5. The summed E-state index contributed by atoms with van der Waals surface area (Å²) in [5.74, 6) is 2.68. The van der Waals surface area contributed by atoms with Gasteiger partial charge in [0.15, 0.2) is 0 Å². The lowest BCUT2D eigenvalue weighted by Crippen LogP contribution is -2.35. The number of rotatable bonds is 1. The SMILES string of the molecule is CN1CCSCC1c1ncc(C#N)c(=O)[nH]1. The molecule has 0 saturated carbocycles. The van der Waals surface area contributed by atoms with Crippen molar-refractivity contribution in [2.24, 2.45) is 0 Å². The second-order valence-electron chi connectivity index (χ2n) is 3.69. The van der Waals surface area contributed by atoms with E-state index in [0.29, 0.717) is 5.82 Å². The molecular formula is C10H12N4OS. The average molecular weight is 236 g/mol. The summed E-state index contributed by atoms with van der Waals surface area (Å²) >= 11 is 1.85. The van der Waals surface area contributed by atoms with Crippen LogP contribution in [-0.2, 0) is 0 Å². The van der Waals surface area contributed by atoms with Gasteiger partial charge in [0.05, 0.1) is 12.2 Å². The van der Waals surface area contributed by atoms with Gasteiger partial charge in [-0.05, 0) is 7.05 Å². The fourth-order valence-corrected chi connectivity index (χ4v) is 2.85. The highest BCUT2D eigenvalue weighted by Gasteiger charge is 2.23. The Morgan fingerprint density at radius 3 is 3.19 bits per heavy atom. The molecule has 1 aromatic heterocycles. The van der Waals surface area contributed by atoms with E-state index >= 15 is 0 Å². The summed E-state index contributed by atoms with van der Waals surface area (Å²) in [5.41, 5.74) is -0.286. The Morgan fingerprint density at radius 2 is 2.56 bits per heavy atom. The number of nitriles is 1. The lowest BCUT2D eigenvalue weighted by molar-refractivity contribution is 0.264. The first-order chi connectivity index (χ1) is 7.72. The van der Waals surface area contributed by atoms with Crippen molar-refractivity contribution >= 4 is 11.8 Å². The maximum absolute atomic E-state index is 11.5. The molecule has 16 heavy (non-hydrogen) atoms. The number of thioether (sulfide) groups is 1. The number of nitrogens with one attached hydrogen (secondary N) is 1. The molecule has 1 fully saturated rings. The van der Waals surface area contributed by atoms with Crippen LogP contribution in [0.15, 0.2) is 11.0 Å². The number of aromatic amines is 1. The van der Waals surface area contributed by atoms with E-state index in [-0.39, 0.29) is 17.2 Å². The molecule has 5 nitrogen and oxygen atoms in total. The molecule has 0 radical (unpaired) electrons. The molecule has 2 heterocycles. The molecule has 0 aliphatic carbocycles. The maximum atomic E-state index is 11.5. The molecule has 1 saturated heterocycles. The summed E-state index contributed by atoms with van der Waals surface area (Å²) in [5, 5.41) is 8.65. The Kier molecular flexibility index (Phi) is 3.27. The smallest absolute Gasteiger partial charge is 0.268 e. The predicted molar refractivity (Wildman–Crippen MR) is 62.3 cm³/mol. The molecule has 0 aromatic carbocycles. The first-order valence-electron chi connectivity index (χ1n) is 4.99. The van der Waals surface area contributed by atoms with Crippen molar-refractivity contribution in [2.45, 2.75) is 6.04 Å². The van der Waals surface area contributed by atoms with Crippen LogP contribution in [0.5, 0.6) is 0 Å². The van der Waals surface area contributed by atoms with E-state index in [9.17, 15) is 4.79 Å². The van der Waals surface area contributed by atoms with Crippen molar-refractivity contribution in [1.29, 1.82) is 5.26 Å². The summed E-state index contributed by atoms with van der Waals surface area (Å²) in [6, 6.07) is 1.95. The van der Waals surface area contributed by atoms with E-state index in [2.05, 4.69) is 14.9 Å². The topological polar surface area (TPSA) is 72.8 Å². The molecule has 1 aromatic rings. The quantitative estimate of drug-likeness (QED) is 0.762. The molecule has 0 amide bonds. The van der Waals surface area contributed by atoms with Crippen molar-refractivity contribution in [1.82, 2.24) is 14.9 Å². The van der Waals surface area contributed by atoms with Gasteiger partial charge in [-0.25, -0.2) is 4.98 Å². The highest BCUT2D eigenvalue weighted by Crippen LogP contribution is 2.24. The lowest BCUT2D eigenvalue weighted by Gasteiger charge is -2.30. The maximum Gasteiger partial charge on any atom is 0.268 e. The van der Waals surface area contributed by atoms with E-state index in [4.69, 9.17) is 5.26 Å². The number of hydrogen-bond donors (Lipinski definition) is 1. The largest absolute Gasteiger partial charge is 0.308 e. The van der Waals surface area contributed by atoms with Gasteiger partial charge in [-0.15, -0.1) is 0 Å². The van der Waals surface area contributed by atoms with Crippen LogP contribution in [-0.4, -0.2) is 40.0 Å². The Labute approximate surface area is 97.5 Å². The summed E-state index contributed by atoms with van der Waals surface area (Å²) < 4.78 is 0. The predicted octanol–water partition coefficient (Wildman–Crippen LogP) is 0.361. The van der Waals surface area contributed by atoms with Gasteiger partial charge in [0, 0.05) is 18.1 Å². The van der Waals surface area contributed by atoms with Gasteiger partial charge in [-0.3, -0.25) is 9.69 Å². The molecule has 2 rings (SSSR count). The fourth-order valence-electron chi connectivity index (χ4n) is 1.63. The molecule has 1 aliphatic rings. The Morgan fingerprint density at radius 1 is 1.75 bits per heavy atom. The average Bonchev–Trinajstić information content (AvgIpc) is 2.29. The molecule has 1 aliphatic heterocycles. The number of H-pyrrole nitrogens is 1. The van der Waals surface area contributed by atoms with Crippen molar-refractivity contribution in [2.75, 3.05) is 25.1 Å². The standard InChI is InChI=1S/C10H12N4OS/c1-14-2-3-16-6-8(14)9-12-5-7(4-11)10(15)13-9/h5,8H,2-3,6H2,1H3,(H,12,13,15). The monoisotopic (exact) mass is 236 g/mol. The van der Waals surface area contributed by atoms with Crippen molar-refractivity contribution in [3.63, 3.8) is 0 Å². The third-order valence-electron chi connectivity index (χ3n) is 2.65. The highest BCUT2D eigenvalue weighted by atomic mass is 32.2. The number of aromatic nitrogens is 2. The third kappa shape index (κ3) is 2.10. The first kappa shape index (κ1) is 11.2. The zero-order valence-corrected chi connectivity index (χ0v) is 9.75. The van der Waals surface area contributed by atoms with E-state index in [0.717, 1.165) is 18.1 Å². The van der Waals surface area contributed by atoms with Gasteiger partial charge >= 0.3 is 0 Å². The Bertz CT molecular complexity index is 478. The molecule has 1 N–H and O–H groups in total. The van der Waals surface area contributed by atoms with Crippen LogP contribution in [0.3, 0.4) is 0 Å². The minimum atomic E-state index is -0.350. The lowest BCUT2D eigenvalue weighted by atomic mass is 10.2. The van der Waals surface area contributed by atoms with Crippen LogP contribution in [0.25, 0.3) is 0 Å². The first-order valence-corrected chi connectivity index (χ1v) is 6.15. The normalized spacial score (nSPS) is 21.6. The van der Waals surface area contributed by atoms with Crippen LogP contribution in [0, 0.1) is 11.3 Å². The van der Waals surface area contributed by atoms with Gasteiger partial charge < -0.3 is 4.98 Å². The van der Waals surface area contributed by atoms with Crippen LogP contribution >= 0.6 is 11.8 Å².